The van der Waals surface area contributed by atoms with Gasteiger partial charge in [-0.2, -0.15) is 26.3 Å². The van der Waals surface area contributed by atoms with Gasteiger partial charge in [0.2, 0.25) is 5.91 Å². The summed E-state index contributed by atoms with van der Waals surface area (Å²) in [4.78, 5) is 59.3. The van der Waals surface area contributed by atoms with Crippen molar-refractivity contribution < 1.29 is 45.5 Å². The van der Waals surface area contributed by atoms with E-state index in [4.69, 9.17) is 0 Å². The van der Waals surface area contributed by atoms with Gasteiger partial charge in [0.25, 0.3) is 11.8 Å². The standard InChI is InChI=1S/C30H22F6N4O4/c31-29(32,33)18-9-16(10-19(12-18)30(34,35)36)5-6-25(41)24(11-17-13-38-23-4-2-1-3-20(17)23)39-26(42)15-40-27(43)21-7-8-37-14-22(21)28(40)44/h1-4,7-10,12-14,24,38H,5-6,11,15H2,(H,39,42). The summed E-state index contributed by atoms with van der Waals surface area (Å²) < 4.78 is 79.9. The number of alkyl halides is 6. The molecule has 0 spiro atoms. The van der Waals surface area contributed by atoms with Crippen LogP contribution in [0.25, 0.3) is 10.9 Å². The summed E-state index contributed by atoms with van der Waals surface area (Å²) in [6, 6.07) is 8.20. The lowest BCUT2D eigenvalue weighted by atomic mass is 9.95. The fraction of sp³-hybridized carbons (Fsp3) is 0.233. The van der Waals surface area contributed by atoms with Crippen LogP contribution in [0.4, 0.5) is 26.3 Å². The quantitative estimate of drug-likeness (QED) is 0.200. The lowest BCUT2D eigenvalue weighted by molar-refractivity contribution is -0.143. The van der Waals surface area contributed by atoms with Gasteiger partial charge in [-0.25, -0.2) is 0 Å². The summed E-state index contributed by atoms with van der Waals surface area (Å²) >= 11 is 0. The normalized spacial score (nSPS) is 14.2. The minimum absolute atomic E-state index is 0.000643. The fourth-order valence-electron chi connectivity index (χ4n) is 5.03. The molecule has 0 saturated carbocycles. The zero-order valence-electron chi connectivity index (χ0n) is 22.6. The molecule has 3 amide bonds. The highest BCUT2D eigenvalue weighted by molar-refractivity contribution is 6.22. The number of carbonyl (C=O) groups excluding carboxylic acids is 4. The maximum atomic E-state index is 13.4. The first kappa shape index (κ1) is 30.4. The summed E-state index contributed by atoms with van der Waals surface area (Å²) in [5.41, 5.74) is -1.98. The van der Waals surface area contributed by atoms with E-state index >= 15 is 0 Å². The number of aryl methyl sites for hydroxylation is 1. The molecule has 1 unspecified atom stereocenters. The number of hydrogen-bond donors (Lipinski definition) is 2. The third-order valence-electron chi connectivity index (χ3n) is 7.20. The molecular formula is C30H22F6N4O4. The zero-order valence-corrected chi connectivity index (χ0v) is 22.6. The van der Waals surface area contributed by atoms with Crippen LogP contribution in [0.1, 0.15) is 49.4 Å². The zero-order chi connectivity index (χ0) is 31.8. The largest absolute Gasteiger partial charge is 0.416 e. The molecule has 0 fully saturated rings. The number of pyridine rings is 1. The van der Waals surface area contributed by atoms with Crippen LogP contribution in [0.3, 0.4) is 0 Å². The van der Waals surface area contributed by atoms with Crippen LogP contribution in [-0.2, 0) is 34.8 Å². The van der Waals surface area contributed by atoms with Gasteiger partial charge in [-0.15, -0.1) is 0 Å². The van der Waals surface area contributed by atoms with Gasteiger partial charge in [0.05, 0.1) is 28.3 Å². The number of para-hydroxylation sites is 1. The number of halogens is 6. The van der Waals surface area contributed by atoms with E-state index in [-0.39, 0.29) is 29.2 Å². The predicted molar refractivity (Wildman–Crippen MR) is 143 cm³/mol. The monoisotopic (exact) mass is 616 g/mol. The summed E-state index contributed by atoms with van der Waals surface area (Å²) in [5.74, 6) is -3.03. The molecule has 3 heterocycles. The first-order chi connectivity index (χ1) is 20.7. The van der Waals surface area contributed by atoms with E-state index in [0.717, 1.165) is 10.9 Å². The molecule has 2 aromatic heterocycles. The summed E-state index contributed by atoms with van der Waals surface area (Å²) in [5, 5.41) is 3.22. The van der Waals surface area contributed by atoms with Crippen molar-refractivity contribution in [3.8, 4) is 0 Å². The highest BCUT2D eigenvalue weighted by atomic mass is 19.4. The average molecular weight is 617 g/mol. The molecule has 14 heteroatoms. The summed E-state index contributed by atoms with van der Waals surface area (Å²) in [6.07, 6.45) is -7.06. The number of rotatable bonds is 9. The Bertz CT molecular complexity index is 1710. The van der Waals surface area contributed by atoms with Crippen LogP contribution >= 0.6 is 0 Å². The van der Waals surface area contributed by atoms with Gasteiger partial charge in [-0.1, -0.05) is 18.2 Å². The summed E-state index contributed by atoms with van der Waals surface area (Å²) in [7, 11) is 0. The van der Waals surface area contributed by atoms with Crippen molar-refractivity contribution >= 4 is 34.4 Å². The number of aromatic nitrogens is 2. The third-order valence-corrected chi connectivity index (χ3v) is 7.20. The van der Waals surface area contributed by atoms with Gasteiger partial charge >= 0.3 is 12.4 Å². The number of aromatic amines is 1. The lowest BCUT2D eigenvalue weighted by Gasteiger charge is -2.20. The molecule has 228 valence electrons. The Labute approximate surface area is 245 Å². The molecule has 0 aliphatic carbocycles. The first-order valence-electron chi connectivity index (χ1n) is 13.2. The van der Waals surface area contributed by atoms with E-state index in [9.17, 15) is 45.5 Å². The number of Topliss-reactive ketones (excluding diaryl/α,β-unsaturated/α-hetero) is 1. The van der Waals surface area contributed by atoms with Crippen LogP contribution in [0.2, 0.25) is 0 Å². The van der Waals surface area contributed by atoms with Crippen LogP contribution in [0.5, 0.6) is 0 Å². The Morgan fingerprint density at radius 2 is 1.57 bits per heavy atom. The number of imide groups is 1. The number of ketones is 1. The second-order valence-electron chi connectivity index (χ2n) is 10.2. The molecule has 5 rings (SSSR count). The van der Waals surface area contributed by atoms with Gasteiger partial charge in [-0.05, 0) is 47.9 Å². The minimum Gasteiger partial charge on any atom is -0.361 e. The van der Waals surface area contributed by atoms with E-state index in [1.54, 1.807) is 30.5 Å². The van der Waals surface area contributed by atoms with E-state index in [1.807, 2.05) is 0 Å². The number of nitrogens with zero attached hydrogens (tertiary/aromatic N) is 2. The number of carbonyl (C=O) groups is 4. The van der Waals surface area contributed by atoms with Crippen LogP contribution < -0.4 is 5.32 Å². The molecule has 8 nitrogen and oxygen atoms in total. The van der Waals surface area contributed by atoms with Crippen LogP contribution in [0, 0.1) is 0 Å². The maximum absolute atomic E-state index is 13.4. The molecule has 44 heavy (non-hydrogen) atoms. The van der Waals surface area contributed by atoms with E-state index in [0.29, 0.717) is 22.6 Å². The second-order valence-corrected chi connectivity index (χ2v) is 10.2. The molecule has 0 saturated heterocycles. The SMILES string of the molecule is O=C(CN1C(=O)c2ccncc2C1=O)NC(Cc1c[nH]c2ccccc12)C(=O)CCc1cc(C(F)(F)F)cc(C(F)(F)F)c1. The number of amides is 3. The molecular weight excluding hydrogens is 594 g/mol. The van der Waals surface area contributed by atoms with Crippen molar-refractivity contribution in [2.45, 2.75) is 37.7 Å². The maximum Gasteiger partial charge on any atom is 0.416 e. The first-order valence-corrected chi connectivity index (χ1v) is 13.2. The number of nitrogens with one attached hydrogen (secondary N) is 2. The van der Waals surface area contributed by atoms with Crippen molar-refractivity contribution in [2.24, 2.45) is 0 Å². The molecule has 2 aromatic carbocycles. The molecule has 1 aliphatic rings. The highest BCUT2D eigenvalue weighted by Gasteiger charge is 2.38. The van der Waals surface area contributed by atoms with Crippen LogP contribution in [-0.4, -0.2) is 51.0 Å². The minimum atomic E-state index is -5.05. The van der Waals surface area contributed by atoms with Gasteiger partial charge in [0, 0.05) is 42.3 Å². The van der Waals surface area contributed by atoms with Gasteiger partial charge in [0.1, 0.15) is 6.54 Å². The van der Waals surface area contributed by atoms with Gasteiger partial charge in [0.15, 0.2) is 5.78 Å². The predicted octanol–water partition coefficient (Wildman–Crippen LogP) is 5.13. The lowest BCUT2D eigenvalue weighted by Crippen LogP contribution is -2.47. The topological polar surface area (TPSA) is 112 Å². The Morgan fingerprint density at radius 3 is 2.23 bits per heavy atom. The van der Waals surface area contributed by atoms with Gasteiger partial charge in [-0.3, -0.25) is 29.1 Å². The van der Waals surface area contributed by atoms with Crippen molar-refractivity contribution in [3.63, 3.8) is 0 Å². The van der Waals surface area contributed by atoms with Crippen molar-refractivity contribution in [2.75, 3.05) is 6.54 Å². The smallest absolute Gasteiger partial charge is 0.361 e. The van der Waals surface area contributed by atoms with Crippen molar-refractivity contribution in [1.82, 2.24) is 20.2 Å². The Kier molecular flexibility index (Phi) is 8.02. The molecule has 0 bridgehead atoms. The molecule has 1 atom stereocenters. The van der Waals surface area contributed by atoms with E-state index in [1.165, 1.54) is 18.5 Å². The number of H-pyrrole nitrogens is 1. The molecule has 0 radical (unpaired) electrons. The molecule has 1 aliphatic heterocycles. The fourth-order valence-corrected chi connectivity index (χ4v) is 5.03. The Hall–Kier alpha value is -5.01. The number of benzene rings is 2. The Balaban J connectivity index is 1.37. The highest BCUT2D eigenvalue weighted by Crippen LogP contribution is 2.36. The Morgan fingerprint density at radius 1 is 0.909 bits per heavy atom. The van der Waals surface area contributed by atoms with Crippen molar-refractivity contribution in [3.05, 3.63) is 101 Å². The third kappa shape index (κ3) is 6.33. The van der Waals surface area contributed by atoms with Crippen molar-refractivity contribution in [1.29, 1.82) is 0 Å². The average Bonchev–Trinajstić information content (AvgIpc) is 3.49. The number of hydrogen-bond acceptors (Lipinski definition) is 5. The van der Waals surface area contributed by atoms with Gasteiger partial charge < -0.3 is 10.3 Å². The van der Waals surface area contributed by atoms with E-state index in [2.05, 4.69) is 15.3 Å². The second kappa shape index (κ2) is 11.6. The summed E-state index contributed by atoms with van der Waals surface area (Å²) in [6.45, 7) is -0.730. The van der Waals surface area contributed by atoms with Crippen LogP contribution in [0.15, 0.2) is 67.1 Å². The van der Waals surface area contributed by atoms with E-state index < -0.39 is 72.4 Å². The number of fused-ring (bicyclic) bond motifs is 2. The molecule has 2 N–H and O–H groups in total. The molecule has 4 aromatic rings.